The van der Waals surface area contributed by atoms with Crippen LogP contribution >= 0.6 is 11.8 Å². The van der Waals surface area contributed by atoms with Crippen LogP contribution in [0, 0.1) is 13.8 Å². The Bertz CT molecular complexity index is 1070. The van der Waals surface area contributed by atoms with E-state index in [4.69, 9.17) is 0 Å². The van der Waals surface area contributed by atoms with E-state index in [2.05, 4.69) is 16.7 Å². The van der Waals surface area contributed by atoms with Gasteiger partial charge >= 0.3 is 0 Å². The minimum atomic E-state index is -0.233. The predicted molar refractivity (Wildman–Crippen MR) is 113 cm³/mol. The molecule has 2 aromatic carbocycles. The van der Waals surface area contributed by atoms with Gasteiger partial charge in [-0.2, -0.15) is 0 Å². The molecule has 0 bridgehead atoms. The van der Waals surface area contributed by atoms with Gasteiger partial charge < -0.3 is 4.57 Å². The molecule has 2 heterocycles. The second-order valence-electron chi connectivity index (χ2n) is 6.75. The molecule has 1 aliphatic heterocycles. The molecule has 0 atom stereocenters. The van der Waals surface area contributed by atoms with Gasteiger partial charge in [0.05, 0.1) is 11.4 Å². The molecule has 1 aliphatic rings. The standard InChI is InChI=1S/C23H20N2O2S/c1-16-13-19(17(2)25(16)20-11-7-4-8-12-20)14-21-22(26)24(23(27)28-21)15-18-9-5-3-6-10-18/h3-14H,15H2,1-2H3/b21-14+. The Labute approximate surface area is 168 Å². The summed E-state index contributed by atoms with van der Waals surface area (Å²) in [6.45, 7) is 4.37. The van der Waals surface area contributed by atoms with Gasteiger partial charge in [-0.25, -0.2) is 0 Å². The van der Waals surface area contributed by atoms with Crippen molar-refractivity contribution in [3.63, 3.8) is 0 Å². The van der Waals surface area contributed by atoms with E-state index >= 15 is 0 Å². The van der Waals surface area contributed by atoms with Gasteiger partial charge in [-0.05, 0) is 61.0 Å². The van der Waals surface area contributed by atoms with E-state index in [9.17, 15) is 9.59 Å². The van der Waals surface area contributed by atoms with Crippen LogP contribution < -0.4 is 0 Å². The number of carbonyl (C=O) groups is 2. The molecule has 28 heavy (non-hydrogen) atoms. The van der Waals surface area contributed by atoms with Crippen LogP contribution in [-0.4, -0.2) is 20.6 Å². The molecule has 4 nitrogen and oxygen atoms in total. The third-order valence-electron chi connectivity index (χ3n) is 4.83. The van der Waals surface area contributed by atoms with Crippen molar-refractivity contribution in [2.24, 2.45) is 0 Å². The van der Waals surface area contributed by atoms with E-state index in [0.29, 0.717) is 11.4 Å². The fourth-order valence-corrected chi connectivity index (χ4v) is 4.28. The van der Waals surface area contributed by atoms with Crippen LogP contribution in [0.3, 0.4) is 0 Å². The van der Waals surface area contributed by atoms with Crippen molar-refractivity contribution in [3.8, 4) is 5.69 Å². The molecule has 2 amide bonds. The van der Waals surface area contributed by atoms with Crippen molar-refractivity contribution in [2.45, 2.75) is 20.4 Å². The monoisotopic (exact) mass is 388 g/mol. The topological polar surface area (TPSA) is 42.3 Å². The maximum absolute atomic E-state index is 12.8. The van der Waals surface area contributed by atoms with E-state index in [1.165, 1.54) is 4.90 Å². The van der Waals surface area contributed by atoms with Crippen molar-refractivity contribution < 1.29 is 9.59 Å². The number of hydrogen-bond acceptors (Lipinski definition) is 3. The maximum atomic E-state index is 12.8. The van der Waals surface area contributed by atoms with Gasteiger partial charge in [-0.15, -0.1) is 0 Å². The molecular weight excluding hydrogens is 368 g/mol. The quantitative estimate of drug-likeness (QED) is 0.567. The Morgan fingerprint density at radius 1 is 0.929 bits per heavy atom. The molecule has 140 valence electrons. The zero-order chi connectivity index (χ0) is 19.7. The summed E-state index contributed by atoms with van der Waals surface area (Å²) in [5.74, 6) is -0.233. The van der Waals surface area contributed by atoms with E-state index in [0.717, 1.165) is 40.0 Å². The Morgan fingerprint density at radius 3 is 2.25 bits per heavy atom. The molecule has 1 aromatic heterocycles. The Kier molecular flexibility index (Phi) is 4.92. The Morgan fingerprint density at radius 2 is 1.57 bits per heavy atom. The minimum Gasteiger partial charge on any atom is -0.318 e. The molecular formula is C23H20N2O2S. The molecule has 0 aliphatic carbocycles. The summed E-state index contributed by atoms with van der Waals surface area (Å²) in [5.41, 5.74) is 5.09. The van der Waals surface area contributed by atoms with Gasteiger partial charge in [0.2, 0.25) is 0 Å². The van der Waals surface area contributed by atoms with Gasteiger partial charge in [-0.3, -0.25) is 14.5 Å². The van der Waals surface area contributed by atoms with Gasteiger partial charge in [0, 0.05) is 17.1 Å². The van der Waals surface area contributed by atoms with Crippen LogP contribution in [0.2, 0.25) is 0 Å². The number of thioether (sulfide) groups is 1. The maximum Gasteiger partial charge on any atom is 0.293 e. The van der Waals surface area contributed by atoms with E-state index in [1.807, 2.05) is 74.5 Å². The van der Waals surface area contributed by atoms with E-state index in [1.54, 1.807) is 0 Å². The van der Waals surface area contributed by atoms with Gasteiger partial charge in [0.25, 0.3) is 11.1 Å². The zero-order valence-electron chi connectivity index (χ0n) is 15.8. The van der Waals surface area contributed by atoms with Crippen LogP contribution in [0.25, 0.3) is 11.8 Å². The highest BCUT2D eigenvalue weighted by Gasteiger charge is 2.35. The smallest absolute Gasteiger partial charge is 0.293 e. The summed E-state index contributed by atoms with van der Waals surface area (Å²) >= 11 is 1.00. The number of rotatable bonds is 4. The highest BCUT2D eigenvalue weighted by molar-refractivity contribution is 8.18. The van der Waals surface area contributed by atoms with Gasteiger partial charge in [0.15, 0.2) is 0 Å². The molecule has 1 saturated heterocycles. The largest absolute Gasteiger partial charge is 0.318 e. The molecule has 5 heteroatoms. The number of benzene rings is 2. The lowest BCUT2D eigenvalue weighted by atomic mass is 10.2. The average molecular weight is 388 g/mol. The number of aryl methyl sites for hydroxylation is 1. The number of amides is 2. The van der Waals surface area contributed by atoms with Gasteiger partial charge in [-0.1, -0.05) is 48.5 Å². The number of nitrogens with zero attached hydrogens (tertiary/aromatic N) is 2. The normalized spacial score (nSPS) is 15.6. The molecule has 0 radical (unpaired) electrons. The first-order valence-corrected chi connectivity index (χ1v) is 9.90. The van der Waals surface area contributed by atoms with Crippen LogP contribution in [0.4, 0.5) is 4.79 Å². The fraction of sp³-hybridized carbons (Fsp3) is 0.130. The summed E-state index contributed by atoms with van der Waals surface area (Å²) in [7, 11) is 0. The van der Waals surface area contributed by atoms with Crippen molar-refractivity contribution in [3.05, 3.63) is 94.1 Å². The third-order valence-corrected chi connectivity index (χ3v) is 5.74. The van der Waals surface area contributed by atoms with Crippen molar-refractivity contribution in [2.75, 3.05) is 0 Å². The first-order valence-electron chi connectivity index (χ1n) is 9.08. The average Bonchev–Trinajstić information content (AvgIpc) is 3.13. The van der Waals surface area contributed by atoms with Crippen molar-refractivity contribution >= 4 is 29.0 Å². The first kappa shape index (κ1) is 18.3. The Hall–Kier alpha value is -3.05. The number of imide groups is 1. The highest BCUT2D eigenvalue weighted by Crippen LogP contribution is 2.34. The summed E-state index contributed by atoms with van der Waals surface area (Å²) in [5, 5.41) is -0.225. The highest BCUT2D eigenvalue weighted by atomic mass is 32.2. The summed E-state index contributed by atoms with van der Waals surface area (Å²) < 4.78 is 2.15. The lowest BCUT2D eigenvalue weighted by molar-refractivity contribution is -0.123. The summed E-state index contributed by atoms with van der Waals surface area (Å²) in [6, 6.07) is 21.7. The van der Waals surface area contributed by atoms with E-state index in [-0.39, 0.29) is 11.1 Å². The molecule has 0 N–H and O–H groups in total. The second-order valence-corrected chi connectivity index (χ2v) is 7.74. The van der Waals surface area contributed by atoms with Crippen LogP contribution in [0.5, 0.6) is 0 Å². The lowest BCUT2D eigenvalue weighted by Crippen LogP contribution is -2.27. The molecule has 1 fully saturated rings. The summed E-state index contributed by atoms with van der Waals surface area (Å²) in [4.78, 5) is 27.0. The van der Waals surface area contributed by atoms with E-state index < -0.39 is 0 Å². The first-order chi connectivity index (χ1) is 13.5. The van der Waals surface area contributed by atoms with Crippen LogP contribution in [-0.2, 0) is 11.3 Å². The molecule has 0 spiro atoms. The van der Waals surface area contributed by atoms with Crippen molar-refractivity contribution in [1.82, 2.24) is 9.47 Å². The molecule has 3 aromatic rings. The van der Waals surface area contributed by atoms with Gasteiger partial charge in [0.1, 0.15) is 0 Å². The molecule has 0 unspecified atom stereocenters. The number of aromatic nitrogens is 1. The summed E-state index contributed by atoms with van der Waals surface area (Å²) in [6.07, 6.45) is 1.83. The third kappa shape index (κ3) is 3.41. The SMILES string of the molecule is Cc1cc(/C=C2/SC(=O)N(Cc3ccccc3)C2=O)c(C)n1-c1ccccc1. The number of hydrogen-bond donors (Lipinski definition) is 0. The molecule has 0 saturated carbocycles. The van der Waals surface area contributed by atoms with Crippen LogP contribution in [0.1, 0.15) is 22.5 Å². The lowest BCUT2D eigenvalue weighted by Gasteiger charge is -2.12. The zero-order valence-corrected chi connectivity index (χ0v) is 16.6. The fourth-order valence-electron chi connectivity index (χ4n) is 3.45. The number of para-hydroxylation sites is 1. The minimum absolute atomic E-state index is 0.225. The second kappa shape index (κ2) is 7.52. The Balaban J connectivity index is 1.63. The number of carbonyl (C=O) groups excluding carboxylic acids is 2. The molecule has 4 rings (SSSR count). The van der Waals surface area contributed by atoms with Crippen molar-refractivity contribution in [1.29, 1.82) is 0 Å². The predicted octanol–water partition coefficient (Wildman–Crippen LogP) is 5.33. The van der Waals surface area contributed by atoms with Crippen LogP contribution in [0.15, 0.2) is 71.6 Å².